The van der Waals surface area contributed by atoms with Crippen molar-refractivity contribution in [3.05, 3.63) is 22.5 Å². The third-order valence-corrected chi connectivity index (χ3v) is 3.44. The van der Waals surface area contributed by atoms with Crippen molar-refractivity contribution in [1.82, 2.24) is 14.8 Å². The molecular formula is C10H8F3N3O2S. The Bertz CT molecular complexity index is 645. The van der Waals surface area contributed by atoms with Crippen LogP contribution in [-0.4, -0.2) is 25.8 Å². The van der Waals surface area contributed by atoms with Crippen LogP contribution in [0.2, 0.25) is 0 Å². The Kier molecular flexibility index (Phi) is 3.09. The molecule has 2 heterocycles. The molecule has 0 saturated heterocycles. The summed E-state index contributed by atoms with van der Waals surface area (Å²) in [6.07, 6.45) is -3.35. The van der Waals surface area contributed by atoms with Gasteiger partial charge in [-0.25, -0.2) is 9.78 Å². The quantitative estimate of drug-likeness (QED) is 0.923. The number of aryl methyl sites for hydroxylation is 2. The van der Waals surface area contributed by atoms with Gasteiger partial charge < -0.3 is 5.11 Å². The summed E-state index contributed by atoms with van der Waals surface area (Å²) in [7, 11) is 1.40. The summed E-state index contributed by atoms with van der Waals surface area (Å²) in [5.41, 5.74) is -1.10. The Morgan fingerprint density at radius 1 is 1.47 bits per heavy atom. The number of carboxylic acids is 1. The number of hydrogen-bond donors (Lipinski definition) is 1. The Morgan fingerprint density at radius 2 is 2.11 bits per heavy atom. The zero-order valence-electron chi connectivity index (χ0n) is 9.82. The lowest BCUT2D eigenvalue weighted by Gasteiger charge is -2.02. The van der Waals surface area contributed by atoms with Crippen LogP contribution in [0.4, 0.5) is 13.2 Å². The molecule has 0 spiro atoms. The lowest BCUT2D eigenvalue weighted by atomic mass is 10.2. The number of carboxylic acid groups (broad SMARTS) is 1. The van der Waals surface area contributed by atoms with Crippen LogP contribution >= 0.6 is 11.3 Å². The van der Waals surface area contributed by atoms with Gasteiger partial charge >= 0.3 is 12.1 Å². The van der Waals surface area contributed by atoms with E-state index in [0.717, 1.165) is 16.0 Å². The second kappa shape index (κ2) is 4.34. The number of aromatic carboxylic acids is 1. The van der Waals surface area contributed by atoms with Crippen molar-refractivity contribution in [1.29, 1.82) is 0 Å². The van der Waals surface area contributed by atoms with Gasteiger partial charge in [-0.15, -0.1) is 11.3 Å². The van der Waals surface area contributed by atoms with E-state index in [0.29, 0.717) is 0 Å². The zero-order chi connectivity index (χ0) is 14.4. The second-order valence-electron chi connectivity index (χ2n) is 3.76. The zero-order valence-corrected chi connectivity index (χ0v) is 10.6. The molecule has 1 N–H and O–H groups in total. The molecule has 0 aliphatic rings. The van der Waals surface area contributed by atoms with E-state index < -0.39 is 17.8 Å². The highest BCUT2D eigenvalue weighted by Gasteiger charge is 2.37. The van der Waals surface area contributed by atoms with E-state index in [-0.39, 0.29) is 21.1 Å². The number of hydrogen-bond acceptors (Lipinski definition) is 4. The molecule has 2 aromatic rings. The maximum atomic E-state index is 12.6. The second-order valence-corrected chi connectivity index (χ2v) is 4.96. The third-order valence-electron chi connectivity index (χ3n) is 2.44. The van der Waals surface area contributed by atoms with Crippen LogP contribution in [0, 0.1) is 6.92 Å². The van der Waals surface area contributed by atoms with Gasteiger partial charge in [-0.3, -0.25) is 4.68 Å². The molecular weight excluding hydrogens is 283 g/mol. The van der Waals surface area contributed by atoms with E-state index in [2.05, 4.69) is 10.1 Å². The molecule has 2 rings (SSSR count). The maximum absolute atomic E-state index is 12.6. The summed E-state index contributed by atoms with van der Waals surface area (Å²) in [5, 5.41) is 12.8. The van der Waals surface area contributed by atoms with E-state index in [4.69, 9.17) is 5.11 Å². The number of aromatic nitrogens is 3. The first-order valence-electron chi connectivity index (χ1n) is 5.02. The molecule has 0 aliphatic carbocycles. The molecule has 9 heteroatoms. The lowest BCUT2D eigenvalue weighted by Crippen LogP contribution is -2.08. The van der Waals surface area contributed by atoms with Crippen molar-refractivity contribution >= 4 is 17.3 Å². The molecule has 0 radical (unpaired) electrons. The molecule has 0 saturated carbocycles. The predicted octanol–water partition coefficient (Wildman–Crippen LogP) is 2.57. The first-order valence-corrected chi connectivity index (χ1v) is 5.83. The summed E-state index contributed by atoms with van der Waals surface area (Å²) in [6, 6.07) is 0. The van der Waals surface area contributed by atoms with Gasteiger partial charge in [0.25, 0.3) is 0 Å². The minimum atomic E-state index is -4.55. The van der Waals surface area contributed by atoms with Crippen LogP contribution in [0.25, 0.3) is 10.6 Å². The Hall–Kier alpha value is -1.90. The van der Waals surface area contributed by atoms with E-state index in [1.807, 2.05) is 0 Å². The molecule has 0 fully saturated rings. The first-order chi connectivity index (χ1) is 8.71. The lowest BCUT2D eigenvalue weighted by molar-refractivity contribution is -0.141. The van der Waals surface area contributed by atoms with Crippen molar-refractivity contribution in [2.45, 2.75) is 13.1 Å². The molecule has 102 valence electrons. The van der Waals surface area contributed by atoms with Crippen molar-refractivity contribution in [3.8, 4) is 10.6 Å². The monoisotopic (exact) mass is 291 g/mol. The smallest absolute Gasteiger partial charge is 0.434 e. The van der Waals surface area contributed by atoms with Gasteiger partial charge in [0.2, 0.25) is 0 Å². The van der Waals surface area contributed by atoms with Crippen LogP contribution < -0.4 is 0 Å². The topological polar surface area (TPSA) is 68.0 Å². The molecule has 19 heavy (non-hydrogen) atoms. The number of halogens is 3. The largest absolute Gasteiger partial charge is 0.477 e. The van der Waals surface area contributed by atoms with Gasteiger partial charge in [0.15, 0.2) is 11.4 Å². The highest BCUT2D eigenvalue weighted by atomic mass is 32.1. The summed E-state index contributed by atoms with van der Waals surface area (Å²) in [6.45, 7) is 1.29. The van der Waals surface area contributed by atoms with Gasteiger partial charge in [-0.1, -0.05) is 0 Å². The van der Waals surface area contributed by atoms with Crippen LogP contribution in [0.5, 0.6) is 0 Å². The van der Waals surface area contributed by atoms with Crippen LogP contribution in [0.15, 0.2) is 6.20 Å². The summed E-state index contributed by atoms with van der Waals surface area (Å²) in [5.74, 6) is -1.27. The van der Waals surface area contributed by atoms with Crippen LogP contribution in [0.1, 0.15) is 21.1 Å². The van der Waals surface area contributed by atoms with Gasteiger partial charge in [-0.2, -0.15) is 18.3 Å². The number of alkyl halides is 3. The number of nitrogens with zero attached hydrogens (tertiary/aromatic N) is 3. The number of thiazole rings is 1. The van der Waals surface area contributed by atoms with Crippen molar-refractivity contribution in [3.63, 3.8) is 0 Å². The fourth-order valence-electron chi connectivity index (χ4n) is 1.62. The van der Waals surface area contributed by atoms with Crippen LogP contribution in [0.3, 0.4) is 0 Å². The summed E-state index contributed by atoms with van der Waals surface area (Å²) < 4.78 is 39.0. The van der Waals surface area contributed by atoms with Crippen molar-refractivity contribution < 1.29 is 23.1 Å². The molecule has 0 amide bonds. The maximum Gasteiger partial charge on any atom is 0.434 e. The molecule has 0 atom stereocenters. The van der Waals surface area contributed by atoms with E-state index in [1.165, 1.54) is 20.2 Å². The average Bonchev–Trinajstić information content (AvgIpc) is 2.80. The fourth-order valence-corrected chi connectivity index (χ4v) is 2.57. The number of carbonyl (C=O) groups is 1. The van der Waals surface area contributed by atoms with Gasteiger partial charge in [0.05, 0.1) is 11.8 Å². The standard InChI is InChI=1S/C10H8F3N3O2S/c1-4-7(10(11,12)13)15-8(19-4)5-3-14-16(2)6(5)9(17)18/h3H,1-2H3,(H,17,18). The molecule has 0 bridgehead atoms. The minimum Gasteiger partial charge on any atom is -0.477 e. The minimum absolute atomic E-state index is 0.00433. The molecule has 0 aliphatic heterocycles. The third kappa shape index (κ3) is 2.33. The van der Waals surface area contributed by atoms with Crippen molar-refractivity contribution in [2.24, 2.45) is 7.05 Å². The summed E-state index contributed by atoms with van der Waals surface area (Å²) >= 11 is 0.791. The highest BCUT2D eigenvalue weighted by molar-refractivity contribution is 7.15. The molecule has 2 aromatic heterocycles. The van der Waals surface area contributed by atoms with Crippen molar-refractivity contribution in [2.75, 3.05) is 0 Å². The highest BCUT2D eigenvalue weighted by Crippen LogP contribution is 2.37. The fraction of sp³-hybridized carbons (Fsp3) is 0.300. The van der Waals surface area contributed by atoms with E-state index in [9.17, 15) is 18.0 Å². The average molecular weight is 291 g/mol. The molecule has 5 nitrogen and oxygen atoms in total. The SMILES string of the molecule is Cc1sc(-c2cnn(C)c2C(=O)O)nc1C(F)(F)F. The number of rotatable bonds is 2. The Labute approximate surface area is 109 Å². The predicted molar refractivity (Wildman–Crippen MR) is 61.0 cm³/mol. The molecule has 0 unspecified atom stereocenters. The summed E-state index contributed by atoms with van der Waals surface area (Å²) in [4.78, 5) is 14.5. The van der Waals surface area contributed by atoms with E-state index in [1.54, 1.807) is 0 Å². The van der Waals surface area contributed by atoms with Gasteiger partial charge in [0, 0.05) is 11.9 Å². The van der Waals surface area contributed by atoms with Crippen LogP contribution in [-0.2, 0) is 13.2 Å². The van der Waals surface area contributed by atoms with Gasteiger partial charge in [0.1, 0.15) is 5.01 Å². The molecule has 0 aromatic carbocycles. The first kappa shape index (κ1) is 13.5. The normalized spacial score (nSPS) is 11.8. The van der Waals surface area contributed by atoms with E-state index >= 15 is 0 Å². The Morgan fingerprint density at radius 3 is 2.58 bits per heavy atom. The van der Waals surface area contributed by atoms with Gasteiger partial charge in [-0.05, 0) is 6.92 Å². The Balaban J connectivity index is 2.58.